The summed E-state index contributed by atoms with van der Waals surface area (Å²) in [5.41, 5.74) is 3.26. The molecule has 1 heterocycles. The molecule has 0 aliphatic rings. The van der Waals surface area contributed by atoms with Gasteiger partial charge in [-0.05, 0) is 0 Å². The zero-order valence-corrected chi connectivity index (χ0v) is 16.0. The second kappa shape index (κ2) is 8.13. The van der Waals surface area contributed by atoms with Gasteiger partial charge in [-0.3, -0.25) is 0 Å². The molecule has 26 heavy (non-hydrogen) atoms. The zero-order valence-electron chi connectivity index (χ0n) is 14.3. The van der Waals surface area contributed by atoms with Gasteiger partial charge in [0.25, 0.3) is 0 Å². The van der Waals surface area contributed by atoms with Crippen LogP contribution >= 0.6 is 0 Å². The molecule has 3 aromatic carbocycles. The Morgan fingerprint density at radius 3 is 2.08 bits per heavy atom. The van der Waals surface area contributed by atoms with Crippen LogP contribution in [0.2, 0.25) is 5.32 Å². The number of rotatable bonds is 6. The van der Waals surface area contributed by atoms with E-state index in [-0.39, 0.29) is 6.04 Å². The van der Waals surface area contributed by atoms with Gasteiger partial charge in [-0.15, -0.1) is 0 Å². The molecule has 4 heteroatoms. The molecule has 3 nitrogen and oxygen atoms in total. The molecule has 1 atom stereocenters. The summed E-state index contributed by atoms with van der Waals surface area (Å²) in [6, 6.07) is 31.6. The van der Waals surface area contributed by atoms with Gasteiger partial charge < -0.3 is 0 Å². The maximum atomic E-state index is 4.79. The van der Waals surface area contributed by atoms with Crippen LogP contribution in [0.3, 0.4) is 0 Å². The molecule has 4 rings (SSSR count). The minimum atomic E-state index is 0.147. The molecule has 0 spiro atoms. The van der Waals surface area contributed by atoms with Gasteiger partial charge >= 0.3 is 160 Å². The van der Waals surface area contributed by atoms with Gasteiger partial charge in [0.15, 0.2) is 0 Å². The first kappa shape index (κ1) is 16.8. The fraction of sp³-hybridized carbons (Fsp3) is 0.0909. The maximum absolute atomic E-state index is 4.79. The van der Waals surface area contributed by atoms with Crippen LogP contribution in [0.15, 0.2) is 97.2 Å². The summed E-state index contributed by atoms with van der Waals surface area (Å²) in [5.74, 6) is 0. The van der Waals surface area contributed by atoms with E-state index in [9.17, 15) is 0 Å². The molecule has 0 fully saturated rings. The Hall–Kier alpha value is -2.68. The molecular weight excluding hydrogens is 385 g/mol. The number of hydrogen-bond donors (Lipinski definition) is 0. The van der Waals surface area contributed by atoms with E-state index < -0.39 is 0 Å². The van der Waals surface area contributed by atoms with Gasteiger partial charge in [0.05, 0.1) is 0 Å². The van der Waals surface area contributed by atoms with Crippen molar-refractivity contribution in [3.8, 4) is 11.3 Å². The van der Waals surface area contributed by atoms with Crippen LogP contribution in [-0.4, -0.2) is 30.0 Å². The Balaban J connectivity index is 1.62. The molecule has 0 aliphatic heterocycles. The van der Waals surface area contributed by atoms with Gasteiger partial charge in [0, 0.05) is 0 Å². The quantitative estimate of drug-likeness (QED) is 0.455. The Morgan fingerprint density at radius 2 is 1.38 bits per heavy atom. The summed E-state index contributed by atoms with van der Waals surface area (Å²) in [7, 11) is 0. The van der Waals surface area contributed by atoms with Crippen molar-refractivity contribution in [3.05, 3.63) is 103 Å². The summed E-state index contributed by atoms with van der Waals surface area (Å²) in [4.78, 5) is 1.88. The van der Waals surface area contributed by atoms with Crippen molar-refractivity contribution in [3.63, 3.8) is 0 Å². The van der Waals surface area contributed by atoms with Crippen molar-refractivity contribution in [1.29, 1.82) is 0 Å². The Bertz CT molecular complexity index is 937. The molecule has 1 unspecified atom stereocenters. The number of nitrogens with zero attached hydrogens (tertiary/aromatic N) is 3. The third-order valence-electron chi connectivity index (χ3n) is 4.19. The topological polar surface area (TPSA) is 30.7 Å². The van der Waals surface area contributed by atoms with E-state index in [1.165, 1.54) is 10.0 Å². The predicted molar refractivity (Wildman–Crippen MR) is 107 cm³/mol. The molecule has 0 N–H and O–H groups in total. The molecule has 0 aliphatic carbocycles. The average Bonchev–Trinajstić information content (AvgIpc) is 3.20. The van der Waals surface area contributed by atoms with Gasteiger partial charge in [0.2, 0.25) is 0 Å². The molecule has 0 radical (unpaired) electrons. The van der Waals surface area contributed by atoms with Crippen molar-refractivity contribution in [2.75, 3.05) is 0 Å². The van der Waals surface area contributed by atoms with Gasteiger partial charge in [-0.1, -0.05) is 0 Å². The monoisotopic (exact) mass is 405 g/mol. The molecule has 4 aromatic rings. The SMILES string of the molecule is c1ccc([Se]CC(c2ccccc2)n2ncc(-c3ccccc3)n2)cc1. The number of aromatic nitrogens is 3. The fourth-order valence-electron chi connectivity index (χ4n) is 2.83. The van der Waals surface area contributed by atoms with Crippen molar-refractivity contribution < 1.29 is 0 Å². The van der Waals surface area contributed by atoms with E-state index in [4.69, 9.17) is 5.10 Å². The van der Waals surface area contributed by atoms with Crippen LogP contribution in [0.25, 0.3) is 11.3 Å². The molecule has 0 amide bonds. The summed E-state index contributed by atoms with van der Waals surface area (Å²) < 4.78 is 1.40. The van der Waals surface area contributed by atoms with Crippen LogP contribution < -0.4 is 4.46 Å². The van der Waals surface area contributed by atoms with E-state index in [1.54, 1.807) is 0 Å². The summed E-state index contributed by atoms with van der Waals surface area (Å²) in [6.45, 7) is 0. The number of benzene rings is 3. The van der Waals surface area contributed by atoms with Gasteiger partial charge in [-0.2, -0.15) is 0 Å². The Labute approximate surface area is 159 Å². The first-order valence-corrected chi connectivity index (χ1v) is 10.7. The average molecular weight is 404 g/mol. The van der Waals surface area contributed by atoms with Crippen molar-refractivity contribution in [2.45, 2.75) is 11.4 Å². The molecule has 0 saturated carbocycles. The van der Waals surface area contributed by atoms with E-state index in [0.29, 0.717) is 15.0 Å². The summed E-state index contributed by atoms with van der Waals surface area (Å²) in [6.07, 6.45) is 1.86. The predicted octanol–water partition coefficient (Wildman–Crippen LogP) is 3.98. The molecule has 1 aromatic heterocycles. The third-order valence-corrected chi connectivity index (χ3v) is 6.47. The standard InChI is InChI=1S/C22H19N3Se/c1-4-10-18(11-5-1)21-16-23-25(24-21)22(19-12-6-2-7-13-19)17-26-20-14-8-3-9-15-20/h1-16,22H,17H2. The Morgan fingerprint density at radius 1 is 0.769 bits per heavy atom. The summed E-state index contributed by atoms with van der Waals surface area (Å²) >= 11 is 0.363. The van der Waals surface area contributed by atoms with E-state index in [0.717, 1.165) is 16.6 Å². The van der Waals surface area contributed by atoms with E-state index in [2.05, 4.69) is 77.9 Å². The molecular formula is C22H19N3Se. The van der Waals surface area contributed by atoms with Gasteiger partial charge in [-0.25, -0.2) is 0 Å². The summed E-state index contributed by atoms with van der Waals surface area (Å²) in [5, 5.41) is 10.4. The zero-order chi connectivity index (χ0) is 17.6. The molecule has 128 valence electrons. The second-order valence-electron chi connectivity index (χ2n) is 5.97. The van der Waals surface area contributed by atoms with Crippen LogP contribution in [0.4, 0.5) is 0 Å². The first-order valence-electron chi connectivity index (χ1n) is 8.60. The van der Waals surface area contributed by atoms with E-state index >= 15 is 0 Å². The Kier molecular flexibility index (Phi) is 5.25. The van der Waals surface area contributed by atoms with Crippen LogP contribution in [0.1, 0.15) is 11.6 Å². The van der Waals surface area contributed by atoms with Crippen molar-refractivity contribution in [1.82, 2.24) is 15.0 Å². The molecule has 0 bridgehead atoms. The van der Waals surface area contributed by atoms with Crippen LogP contribution in [-0.2, 0) is 0 Å². The van der Waals surface area contributed by atoms with Crippen molar-refractivity contribution in [2.24, 2.45) is 0 Å². The third kappa shape index (κ3) is 3.93. The van der Waals surface area contributed by atoms with Crippen molar-refractivity contribution >= 4 is 19.4 Å². The first-order chi connectivity index (χ1) is 12.9. The second-order valence-corrected chi connectivity index (χ2v) is 8.26. The van der Waals surface area contributed by atoms with E-state index in [1.807, 2.05) is 29.2 Å². The normalized spacial score (nSPS) is 12.0. The molecule has 0 saturated heterocycles. The van der Waals surface area contributed by atoms with Crippen LogP contribution in [0, 0.1) is 0 Å². The van der Waals surface area contributed by atoms with Crippen LogP contribution in [0.5, 0.6) is 0 Å². The number of hydrogen-bond acceptors (Lipinski definition) is 2. The van der Waals surface area contributed by atoms with Gasteiger partial charge in [0.1, 0.15) is 0 Å². The fourth-order valence-corrected chi connectivity index (χ4v) is 4.98. The minimum absolute atomic E-state index is 0.147.